The Morgan fingerprint density at radius 1 is 1.36 bits per heavy atom. The van der Waals surface area contributed by atoms with Crippen LogP contribution in [-0.4, -0.2) is 23.8 Å². The normalized spacial score (nSPS) is 19.9. The number of aliphatic hydroxyl groups is 1. The minimum Gasteiger partial charge on any atom is -0.507 e. The molecular formula is C17H19ClO4. The standard InChI is InChI=1S/C17H19ClO4/c1-3-10-8-11(18)9-12(21-2)13(10)14-15(19)17(22-16(14)20)6-4-5-7-17/h8-9,19H,3-7H2,1-2H3. The van der Waals surface area contributed by atoms with Crippen molar-refractivity contribution >= 4 is 23.1 Å². The van der Waals surface area contributed by atoms with Crippen LogP contribution in [0.3, 0.4) is 0 Å². The molecule has 118 valence electrons. The molecule has 0 bridgehead atoms. The summed E-state index contributed by atoms with van der Waals surface area (Å²) in [6.45, 7) is 1.97. The van der Waals surface area contributed by atoms with E-state index < -0.39 is 11.6 Å². The molecule has 5 heteroatoms. The Balaban J connectivity index is 2.22. The maximum atomic E-state index is 12.4. The fourth-order valence-electron chi connectivity index (χ4n) is 3.47. The number of aliphatic hydroxyl groups excluding tert-OH is 1. The third kappa shape index (κ3) is 2.17. The monoisotopic (exact) mass is 322 g/mol. The van der Waals surface area contributed by atoms with Crippen LogP contribution in [0.4, 0.5) is 0 Å². The van der Waals surface area contributed by atoms with E-state index in [0.29, 0.717) is 35.6 Å². The zero-order valence-corrected chi connectivity index (χ0v) is 13.5. The van der Waals surface area contributed by atoms with E-state index in [2.05, 4.69) is 0 Å². The van der Waals surface area contributed by atoms with Crippen LogP contribution >= 0.6 is 11.6 Å². The van der Waals surface area contributed by atoms with Crippen LogP contribution < -0.4 is 4.74 Å². The molecule has 0 radical (unpaired) electrons. The third-order valence-corrected chi connectivity index (χ3v) is 4.79. The molecule has 1 spiro atoms. The summed E-state index contributed by atoms with van der Waals surface area (Å²) in [5, 5.41) is 11.3. The molecule has 0 unspecified atom stereocenters. The van der Waals surface area contributed by atoms with E-state index in [1.165, 1.54) is 7.11 Å². The molecule has 1 aliphatic carbocycles. The van der Waals surface area contributed by atoms with E-state index in [0.717, 1.165) is 18.4 Å². The van der Waals surface area contributed by atoms with Crippen molar-refractivity contribution in [3.8, 4) is 5.75 Å². The zero-order chi connectivity index (χ0) is 15.9. The highest BCUT2D eigenvalue weighted by molar-refractivity contribution is 6.31. The Labute approximate surface area is 134 Å². The molecule has 1 aromatic carbocycles. The Hall–Kier alpha value is -1.68. The first-order valence-corrected chi connectivity index (χ1v) is 7.94. The molecule has 0 atom stereocenters. The first kappa shape index (κ1) is 15.2. The fraction of sp³-hybridized carbons (Fsp3) is 0.471. The maximum absolute atomic E-state index is 12.4. The van der Waals surface area contributed by atoms with Crippen molar-refractivity contribution < 1.29 is 19.4 Å². The molecular weight excluding hydrogens is 304 g/mol. The summed E-state index contributed by atoms with van der Waals surface area (Å²) in [6.07, 6.45) is 3.91. The number of hydrogen-bond acceptors (Lipinski definition) is 4. The lowest BCUT2D eigenvalue weighted by atomic mass is 9.92. The lowest BCUT2D eigenvalue weighted by molar-refractivity contribution is -0.146. The summed E-state index contributed by atoms with van der Waals surface area (Å²) in [5.41, 5.74) is 0.855. The van der Waals surface area contributed by atoms with E-state index in [9.17, 15) is 9.90 Å². The molecule has 1 aromatic rings. The number of esters is 1. The van der Waals surface area contributed by atoms with Gasteiger partial charge in [0.2, 0.25) is 0 Å². The van der Waals surface area contributed by atoms with Gasteiger partial charge in [-0.05, 0) is 49.8 Å². The zero-order valence-electron chi connectivity index (χ0n) is 12.7. The van der Waals surface area contributed by atoms with Crippen molar-refractivity contribution in [3.63, 3.8) is 0 Å². The first-order valence-electron chi connectivity index (χ1n) is 7.56. The fourth-order valence-corrected chi connectivity index (χ4v) is 3.70. The van der Waals surface area contributed by atoms with Gasteiger partial charge in [-0.2, -0.15) is 0 Å². The van der Waals surface area contributed by atoms with E-state index >= 15 is 0 Å². The van der Waals surface area contributed by atoms with Crippen molar-refractivity contribution in [3.05, 3.63) is 34.0 Å². The van der Waals surface area contributed by atoms with E-state index in [1.54, 1.807) is 12.1 Å². The lowest BCUT2D eigenvalue weighted by Crippen LogP contribution is -2.27. The SMILES string of the molecule is CCc1cc(Cl)cc(OC)c1C1=C(O)C2(CCCC2)OC1=O. The highest BCUT2D eigenvalue weighted by Gasteiger charge is 2.51. The second-order valence-electron chi connectivity index (χ2n) is 5.81. The van der Waals surface area contributed by atoms with Gasteiger partial charge in [-0.25, -0.2) is 4.79 Å². The Bertz CT molecular complexity index is 632. The summed E-state index contributed by atoms with van der Waals surface area (Å²) < 4.78 is 11.0. The van der Waals surface area contributed by atoms with Gasteiger partial charge in [0.1, 0.15) is 11.3 Å². The molecule has 0 saturated heterocycles. The number of rotatable bonds is 3. The molecule has 1 N–H and O–H groups in total. The summed E-state index contributed by atoms with van der Waals surface area (Å²) >= 11 is 6.10. The second kappa shape index (κ2) is 5.51. The molecule has 1 aliphatic heterocycles. The summed E-state index contributed by atoms with van der Waals surface area (Å²) in [7, 11) is 1.53. The molecule has 0 aromatic heterocycles. The minimum atomic E-state index is -0.831. The molecule has 1 heterocycles. The molecule has 0 amide bonds. The smallest absolute Gasteiger partial charge is 0.343 e. The van der Waals surface area contributed by atoms with Crippen molar-refractivity contribution in [2.45, 2.75) is 44.6 Å². The van der Waals surface area contributed by atoms with Gasteiger partial charge in [-0.3, -0.25) is 0 Å². The Kier molecular flexibility index (Phi) is 3.81. The molecule has 1 fully saturated rings. The van der Waals surface area contributed by atoms with Crippen molar-refractivity contribution in [1.82, 2.24) is 0 Å². The Morgan fingerprint density at radius 2 is 2.05 bits per heavy atom. The number of hydrogen-bond donors (Lipinski definition) is 1. The number of carbonyl (C=O) groups excluding carboxylic acids is 1. The van der Waals surface area contributed by atoms with Gasteiger partial charge in [0, 0.05) is 10.6 Å². The van der Waals surface area contributed by atoms with Crippen LogP contribution in [0.15, 0.2) is 17.9 Å². The summed E-state index contributed by atoms with van der Waals surface area (Å²) in [4.78, 5) is 12.4. The molecule has 4 nitrogen and oxygen atoms in total. The molecule has 22 heavy (non-hydrogen) atoms. The molecule has 1 saturated carbocycles. The van der Waals surface area contributed by atoms with E-state index in [-0.39, 0.29) is 11.3 Å². The summed E-state index contributed by atoms with van der Waals surface area (Å²) in [6, 6.07) is 3.45. The van der Waals surface area contributed by atoms with Gasteiger partial charge in [-0.1, -0.05) is 18.5 Å². The van der Waals surface area contributed by atoms with Gasteiger partial charge in [0.25, 0.3) is 0 Å². The number of ether oxygens (including phenoxy) is 2. The van der Waals surface area contributed by atoms with E-state index in [1.807, 2.05) is 6.92 Å². The van der Waals surface area contributed by atoms with Crippen LogP contribution in [0, 0.1) is 0 Å². The van der Waals surface area contributed by atoms with Crippen LogP contribution in [0.5, 0.6) is 5.75 Å². The average Bonchev–Trinajstić information content (AvgIpc) is 3.05. The van der Waals surface area contributed by atoms with Crippen LogP contribution in [0.25, 0.3) is 5.57 Å². The maximum Gasteiger partial charge on any atom is 0.343 e. The van der Waals surface area contributed by atoms with Gasteiger partial charge >= 0.3 is 5.97 Å². The van der Waals surface area contributed by atoms with Crippen molar-refractivity contribution in [2.24, 2.45) is 0 Å². The molecule has 3 rings (SSSR count). The average molecular weight is 323 g/mol. The van der Waals surface area contributed by atoms with Gasteiger partial charge in [-0.15, -0.1) is 0 Å². The van der Waals surface area contributed by atoms with Crippen molar-refractivity contribution in [1.29, 1.82) is 0 Å². The third-order valence-electron chi connectivity index (χ3n) is 4.57. The largest absolute Gasteiger partial charge is 0.507 e. The predicted octanol–water partition coefficient (Wildman–Crippen LogP) is 4.05. The summed E-state index contributed by atoms with van der Waals surface area (Å²) in [5.74, 6) is 0.0536. The van der Waals surface area contributed by atoms with E-state index in [4.69, 9.17) is 21.1 Å². The highest BCUT2D eigenvalue weighted by Crippen LogP contribution is 2.48. The number of carbonyl (C=O) groups is 1. The number of halogens is 1. The van der Waals surface area contributed by atoms with Crippen LogP contribution in [0.2, 0.25) is 5.02 Å². The Morgan fingerprint density at radius 3 is 2.64 bits per heavy atom. The number of benzene rings is 1. The quantitative estimate of drug-likeness (QED) is 0.853. The van der Waals surface area contributed by atoms with Gasteiger partial charge in [0.15, 0.2) is 11.4 Å². The van der Waals surface area contributed by atoms with Gasteiger partial charge < -0.3 is 14.6 Å². The van der Waals surface area contributed by atoms with Crippen LogP contribution in [-0.2, 0) is 16.0 Å². The minimum absolute atomic E-state index is 0.0466. The lowest BCUT2D eigenvalue weighted by Gasteiger charge is -2.21. The topological polar surface area (TPSA) is 55.8 Å². The predicted molar refractivity (Wildman–Crippen MR) is 84.2 cm³/mol. The van der Waals surface area contributed by atoms with Crippen molar-refractivity contribution in [2.75, 3.05) is 7.11 Å². The van der Waals surface area contributed by atoms with Crippen LogP contribution in [0.1, 0.15) is 43.7 Å². The van der Waals surface area contributed by atoms with Gasteiger partial charge in [0.05, 0.1) is 7.11 Å². The number of methoxy groups -OCH3 is 1. The second-order valence-corrected chi connectivity index (χ2v) is 6.25. The molecule has 2 aliphatic rings. The number of aryl methyl sites for hydroxylation is 1. The highest BCUT2D eigenvalue weighted by atomic mass is 35.5. The first-order chi connectivity index (χ1) is 10.5.